The second-order valence-electron chi connectivity index (χ2n) is 12.1. The lowest BCUT2D eigenvalue weighted by Crippen LogP contribution is -2.21. The van der Waals surface area contributed by atoms with E-state index in [2.05, 4.69) is 46.4 Å². The minimum absolute atomic E-state index is 0.147. The molecular weight excluding hydrogens is 647 g/mol. The van der Waals surface area contributed by atoms with Crippen LogP contribution < -0.4 is 30.1 Å². The monoisotopic (exact) mass is 683 g/mol. The van der Waals surface area contributed by atoms with Crippen molar-refractivity contribution >= 4 is 73.6 Å². The van der Waals surface area contributed by atoms with Crippen molar-refractivity contribution in [3.05, 3.63) is 102 Å². The maximum atomic E-state index is 13.4. The van der Waals surface area contributed by atoms with Gasteiger partial charge >= 0.3 is 6.03 Å². The van der Waals surface area contributed by atoms with Gasteiger partial charge in [0, 0.05) is 40.5 Å². The first-order valence-corrected chi connectivity index (χ1v) is 17.0. The molecule has 1 aromatic heterocycles. The molecule has 0 fully saturated rings. The lowest BCUT2D eigenvalue weighted by Gasteiger charge is -2.24. The van der Waals surface area contributed by atoms with E-state index in [0.717, 1.165) is 27.6 Å². The van der Waals surface area contributed by atoms with E-state index in [9.17, 15) is 14.1 Å². The number of urea groups is 1. The van der Waals surface area contributed by atoms with Gasteiger partial charge in [-0.05, 0) is 84.2 Å². The molecule has 12 heteroatoms. The Morgan fingerprint density at radius 3 is 2.29 bits per heavy atom. The summed E-state index contributed by atoms with van der Waals surface area (Å²) in [6.45, 7) is 8.03. The third-order valence-electron chi connectivity index (χ3n) is 7.48. The van der Waals surface area contributed by atoms with Crippen LogP contribution in [0.5, 0.6) is 17.2 Å². The summed E-state index contributed by atoms with van der Waals surface area (Å²) in [6.07, 6.45) is 3.18. The summed E-state index contributed by atoms with van der Waals surface area (Å²) in [5, 5.41) is 20.2. The molecule has 0 aliphatic rings. The molecule has 5 N–H and O–H groups in total. The normalized spacial score (nSPS) is 11.8. The molecule has 1 atom stereocenters. The highest BCUT2D eigenvalue weighted by Gasteiger charge is 2.22. The number of pyridine rings is 1. The van der Waals surface area contributed by atoms with Crippen LogP contribution in [-0.4, -0.2) is 38.7 Å². The maximum Gasteiger partial charge on any atom is 0.323 e. The molecule has 10 nitrogen and oxygen atoms in total. The number of aryl methyl sites for hydroxylation is 1. The fourth-order valence-corrected chi connectivity index (χ4v) is 5.84. The Balaban J connectivity index is 1.38. The minimum Gasteiger partial charge on any atom is -0.499 e. The van der Waals surface area contributed by atoms with Gasteiger partial charge in [0.25, 0.3) is 0 Å². The first-order valence-electron chi connectivity index (χ1n) is 15.0. The maximum absolute atomic E-state index is 13.4. The van der Waals surface area contributed by atoms with Crippen LogP contribution in [0.4, 0.5) is 33.4 Å². The molecule has 5 rings (SSSR count). The van der Waals surface area contributed by atoms with Crippen LogP contribution >= 0.6 is 12.2 Å². The molecule has 1 unspecified atom stereocenters. The minimum atomic E-state index is -1.35. The predicted molar refractivity (Wildman–Crippen MR) is 199 cm³/mol. The SMILES string of the molecule is COc1c(NC(=O)Nc2ccc(Oc3ccnc(Nc4ccc(C(O)=S)c(C)c4)c3)c3ccccc23)cc(C(C)(C)C)cc1NS(C)=O. The summed E-state index contributed by atoms with van der Waals surface area (Å²) in [6, 6.07) is 23.4. The molecule has 0 bridgehead atoms. The third kappa shape index (κ3) is 8.01. The molecule has 4 aromatic carbocycles. The van der Waals surface area contributed by atoms with Crippen LogP contribution in [0, 0.1) is 6.92 Å². The van der Waals surface area contributed by atoms with Gasteiger partial charge < -0.3 is 35.3 Å². The number of nitrogens with one attached hydrogen (secondary N) is 4. The van der Waals surface area contributed by atoms with Gasteiger partial charge in [0.1, 0.15) is 28.3 Å². The van der Waals surface area contributed by atoms with Gasteiger partial charge in [-0.1, -0.05) is 45.0 Å². The van der Waals surface area contributed by atoms with Crippen LogP contribution in [-0.2, 0) is 16.4 Å². The fraction of sp³-hybridized carbons (Fsp3) is 0.194. The Hall–Kier alpha value is -5.20. The van der Waals surface area contributed by atoms with E-state index in [1.54, 1.807) is 36.5 Å². The number of ether oxygens (including phenoxy) is 2. The van der Waals surface area contributed by atoms with Crippen molar-refractivity contribution in [3.63, 3.8) is 0 Å². The van der Waals surface area contributed by atoms with E-state index in [0.29, 0.717) is 45.7 Å². The van der Waals surface area contributed by atoms with E-state index in [1.165, 1.54) is 13.4 Å². The van der Waals surface area contributed by atoms with Crippen LogP contribution in [0.25, 0.3) is 10.8 Å². The Bertz CT molecular complexity index is 2040. The summed E-state index contributed by atoms with van der Waals surface area (Å²) >= 11 is 4.90. The van der Waals surface area contributed by atoms with Crippen molar-refractivity contribution < 1.29 is 23.6 Å². The Labute approximate surface area is 287 Å². The number of aliphatic hydroxyl groups is 1. The highest BCUT2D eigenvalue weighted by molar-refractivity contribution is 7.85. The number of carbonyl (C=O) groups excluding carboxylic acids is 1. The first kappa shape index (κ1) is 34.1. The number of aromatic nitrogens is 1. The molecule has 0 saturated carbocycles. The van der Waals surface area contributed by atoms with Crippen LogP contribution in [0.1, 0.15) is 37.5 Å². The number of hydrogen-bond donors (Lipinski definition) is 5. The first-order chi connectivity index (χ1) is 22.8. The summed E-state index contributed by atoms with van der Waals surface area (Å²) < 4.78 is 26.9. The van der Waals surface area contributed by atoms with E-state index < -0.39 is 17.0 Å². The van der Waals surface area contributed by atoms with Crippen molar-refractivity contribution in [2.24, 2.45) is 0 Å². The van der Waals surface area contributed by atoms with Crippen LogP contribution in [0.15, 0.2) is 85.1 Å². The summed E-state index contributed by atoms with van der Waals surface area (Å²) in [4.78, 5) is 17.8. The predicted octanol–water partition coefficient (Wildman–Crippen LogP) is 8.97. The second kappa shape index (κ2) is 14.3. The number of hydrogen-bond acceptors (Lipinski definition) is 7. The molecule has 0 spiro atoms. The Morgan fingerprint density at radius 2 is 1.62 bits per heavy atom. The standard InChI is InChI=1S/C36H37N5O5S2/c1-21-17-23(11-12-25(21)34(42)47)38-32-20-24(15-16-37-32)46-31-14-13-28(26-9-7-8-10-27(26)31)39-35(43)40-29-18-22(36(2,3)4)19-30(33(29)45-5)41-48(6)44/h7-20,41H,1-6H3,(H,37,38)(H,42,47)(H2,39,40,43). The number of nitrogens with zero attached hydrogens (tertiary/aromatic N) is 1. The Kier molecular flexibility index (Phi) is 10.2. The molecule has 0 aliphatic heterocycles. The number of amides is 2. The quantitative estimate of drug-likeness (QED) is 0.0922. The zero-order valence-corrected chi connectivity index (χ0v) is 29.1. The van der Waals surface area contributed by atoms with E-state index in [4.69, 9.17) is 21.7 Å². The zero-order valence-electron chi connectivity index (χ0n) is 27.4. The van der Waals surface area contributed by atoms with E-state index >= 15 is 0 Å². The molecule has 1 heterocycles. The summed E-state index contributed by atoms with van der Waals surface area (Å²) in [7, 11) is 0.148. The van der Waals surface area contributed by atoms with Crippen molar-refractivity contribution in [2.75, 3.05) is 34.0 Å². The fourth-order valence-electron chi connectivity index (χ4n) is 5.15. The number of methoxy groups -OCH3 is 1. The highest BCUT2D eigenvalue weighted by Crippen LogP contribution is 2.40. The topological polar surface area (TPSA) is 134 Å². The molecule has 48 heavy (non-hydrogen) atoms. The Morgan fingerprint density at radius 1 is 0.917 bits per heavy atom. The smallest absolute Gasteiger partial charge is 0.323 e. The number of benzene rings is 4. The zero-order chi connectivity index (χ0) is 34.6. The number of aliphatic hydroxyl groups excluding tert-OH is 1. The molecule has 0 saturated heterocycles. The van der Waals surface area contributed by atoms with Gasteiger partial charge in [0.15, 0.2) is 10.8 Å². The lowest BCUT2D eigenvalue weighted by atomic mass is 9.86. The van der Waals surface area contributed by atoms with Gasteiger partial charge in [0.05, 0.1) is 24.2 Å². The second-order valence-corrected chi connectivity index (χ2v) is 13.6. The van der Waals surface area contributed by atoms with Crippen LogP contribution in [0.3, 0.4) is 0 Å². The van der Waals surface area contributed by atoms with Gasteiger partial charge in [0.2, 0.25) is 0 Å². The van der Waals surface area contributed by atoms with Crippen molar-refractivity contribution in [2.45, 2.75) is 33.1 Å². The molecule has 248 valence electrons. The lowest BCUT2D eigenvalue weighted by molar-refractivity contribution is 0.262. The number of fused-ring (bicyclic) bond motifs is 1. The van der Waals surface area contributed by atoms with Gasteiger partial charge in [-0.3, -0.25) is 0 Å². The van der Waals surface area contributed by atoms with Crippen molar-refractivity contribution in [1.82, 2.24) is 4.98 Å². The average molecular weight is 684 g/mol. The number of thiocarbonyl (C=S) groups is 1. The summed E-state index contributed by atoms with van der Waals surface area (Å²) in [5.74, 6) is 2.09. The van der Waals surface area contributed by atoms with Crippen LogP contribution in [0.2, 0.25) is 0 Å². The van der Waals surface area contributed by atoms with Crippen molar-refractivity contribution in [1.29, 1.82) is 0 Å². The van der Waals surface area contributed by atoms with Gasteiger partial charge in [-0.25, -0.2) is 14.0 Å². The molecule has 2 amide bonds. The average Bonchev–Trinajstić information content (AvgIpc) is 3.01. The van der Waals surface area contributed by atoms with Gasteiger partial charge in [-0.2, -0.15) is 0 Å². The third-order valence-corrected chi connectivity index (χ3v) is 8.21. The molecule has 0 radical (unpaired) electrons. The number of carbonyl (C=O) groups is 1. The molecule has 5 aromatic rings. The van der Waals surface area contributed by atoms with E-state index in [-0.39, 0.29) is 10.5 Å². The van der Waals surface area contributed by atoms with E-state index in [1.807, 2.05) is 55.5 Å². The van der Waals surface area contributed by atoms with Gasteiger partial charge in [-0.15, -0.1) is 0 Å². The summed E-state index contributed by atoms with van der Waals surface area (Å²) in [5.41, 5.74) is 4.43. The van der Waals surface area contributed by atoms with Crippen molar-refractivity contribution in [3.8, 4) is 17.2 Å². The molecule has 0 aliphatic carbocycles. The highest BCUT2D eigenvalue weighted by atomic mass is 32.2. The molecular formula is C36H37N5O5S2. The largest absolute Gasteiger partial charge is 0.499 e. The number of rotatable bonds is 10. The number of anilines is 5.